The van der Waals surface area contributed by atoms with Crippen molar-refractivity contribution in [2.45, 2.75) is 6.92 Å². The Labute approximate surface area is 185 Å². The van der Waals surface area contributed by atoms with E-state index in [9.17, 15) is 14.4 Å². The maximum atomic E-state index is 11.9. The van der Waals surface area contributed by atoms with E-state index in [2.05, 4.69) is 15.8 Å². The van der Waals surface area contributed by atoms with Gasteiger partial charge in [-0.05, 0) is 66.1 Å². The highest BCUT2D eigenvalue weighted by atomic mass is 16.5. The SMILES string of the molecule is Cc1cccc(NC(=O)C(=O)N/N=C/c2ccc(OC(=O)/C=C/c3ccccc3)cc2)c1. The van der Waals surface area contributed by atoms with Gasteiger partial charge >= 0.3 is 17.8 Å². The van der Waals surface area contributed by atoms with Gasteiger partial charge in [-0.3, -0.25) is 9.59 Å². The number of rotatable bonds is 6. The zero-order valence-electron chi connectivity index (χ0n) is 17.3. The molecule has 0 bridgehead atoms. The Morgan fingerprint density at radius 1 is 0.844 bits per heavy atom. The number of anilines is 1. The van der Waals surface area contributed by atoms with Gasteiger partial charge in [-0.1, -0.05) is 42.5 Å². The van der Waals surface area contributed by atoms with Crippen molar-refractivity contribution in [1.82, 2.24) is 5.43 Å². The molecule has 0 saturated carbocycles. The first-order chi connectivity index (χ1) is 15.5. The number of esters is 1. The number of amides is 2. The second-order valence-electron chi connectivity index (χ2n) is 6.76. The van der Waals surface area contributed by atoms with Gasteiger partial charge in [0.15, 0.2) is 0 Å². The molecule has 0 radical (unpaired) electrons. The summed E-state index contributed by atoms with van der Waals surface area (Å²) < 4.78 is 5.24. The van der Waals surface area contributed by atoms with Gasteiger partial charge in [0.2, 0.25) is 0 Å². The van der Waals surface area contributed by atoms with Crippen LogP contribution in [0.2, 0.25) is 0 Å². The van der Waals surface area contributed by atoms with Gasteiger partial charge in [0.25, 0.3) is 0 Å². The Balaban J connectivity index is 1.47. The first-order valence-corrected chi connectivity index (χ1v) is 9.76. The lowest BCUT2D eigenvalue weighted by Gasteiger charge is -2.04. The minimum Gasteiger partial charge on any atom is -0.423 e. The van der Waals surface area contributed by atoms with Crippen LogP contribution in [0.4, 0.5) is 5.69 Å². The van der Waals surface area contributed by atoms with Crippen molar-refractivity contribution in [1.29, 1.82) is 0 Å². The Morgan fingerprint density at radius 3 is 2.31 bits per heavy atom. The fourth-order valence-corrected chi connectivity index (χ4v) is 2.63. The minimum absolute atomic E-state index is 0.367. The number of aryl methyl sites for hydroxylation is 1. The number of hydrazone groups is 1. The third kappa shape index (κ3) is 7.07. The largest absolute Gasteiger partial charge is 0.423 e. The molecule has 0 aliphatic heterocycles. The quantitative estimate of drug-likeness (QED) is 0.157. The van der Waals surface area contributed by atoms with E-state index < -0.39 is 17.8 Å². The molecule has 0 saturated heterocycles. The molecule has 0 aromatic heterocycles. The molecule has 0 aliphatic carbocycles. The molecule has 160 valence electrons. The van der Waals surface area contributed by atoms with E-state index >= 15 is 0 Å². The smallest absolute Gasteiger partial charge is 0.336 e. The fraction of sp³-hybridized carbons (Fsp3) is 0.0400. The third-order valence-corrected chi connectivity index (χ3v) is 4.17. The summed E-state index contributed by atoms with van der Waals surface area (Å²) in [6, 6.07) is 23.0. The van der Waals surface area contributed by atoms with Crippen molar-refractivity contribution in [3.05, 3.63) is 102 Å². The monoisotopic (exact) mass is 427 g/mol. The van der Waals surface area contributed by atoms with Crippen LogP contribution in [0.3, 0.4) is 0 Å². The fourth-order valence-electron chi connectivity index (χ4n) is 2.63. The molecule has 7 heteroatoms. The summed E-state index contributed by atoms with van der Waals surface area (Å²) in [6.45, 7) is 1.88. The predicted octanol–water partition coefficient (Wildman–Crippen LogP) is 3.70. The van der Waals surface area contributed by atoms with Crippen LogP contribution < -0.4 is 15.5 Å². The average molecular weight is 427 g/mol. The number of carbonyl (C=O) groups excluding carboxylic acids is 3. The number of ether oxygens (including phenoxy) is 1. The van der Waals surface area contributed by atoms with Gasteiger partial charge in [-0.25, -0.2) is 10.2 Å². The van der Waals surface area contributed by atoms with Gasteiger partial charge < -0.3 is 10.1 Å². The Kier molecular flexibility index (Phi) is 7.64. The normalized spacial score (nSPS) is 10.8. The Morgan fingerprint density at radius 2 is 1.59 bits per heavy atom. The third-order valence-electron chi connectivity index (χ3n) is 4.17. The molecule has 3 aromatic carbocycles. The summed E-state index contributed by atoms with van der Waals surface area (Å²) in [6.07, 6.45) is 4.39. The Hall–Kier alpha value is -4.52. The molecule has 0 atom stereocenters. The van der Waals surface area contributed by atoms with E-state index in [1.807, 2.05) is 43.3 Å². The molecule has 0 unspecified atom stereocenters. The van der Waals surface area contributed by atoms with Gasteiger partial charge in [-0.15, -0.1) is 0 Å². The van der Waals surface area contributed by atoms with Crippen molar-refractivity contribution < 1.29 is 19.1 Å². The van der Waals surface area contributed by atoms with Crippen molar-refractivity contribution in [3.8, 4) is 5.75 Å². The summed E-state index contributed by atoms with van der Waals surface area (Å²) in [5.74, 6) is -1.84. The van der Waals surface area contributed by atoms with Crippen LogP contribution in [0.15, 0.2) is 90.0 Å². The van der Waals surface area contributed by atoms with Gasteiger partial charge in [0, 0.05) is 11.8 Å². The van der Waals surface area contributed by atoms with Crippen LogP contribution >= 0.6 is 0 Å². The lowest BCUT2D eigenvalue weighted by atomic mass is 10.2. The zero-order valence-corrected chi connectivity index (χ0v) is 17.3. The molecule has 0 heterocycles. The summed E-state index contributed by atoms with van der Waals surface area (Å²) in [5.41, 5.74) is 5.19. The van der Waals surface area contributed by atoms with Crippen molar-refractivity contribution >= 4 is 35.8 Å². The lowest BCUT2D eigenvalue weighted by Crippen LogP contribution is -2.32. The van der Waals surface area contributed by atoms with Crippen LogP contribution in [-0.2, 0) is 14.4 Å². The van der Waals surface area contributed by atoms with Crippen LogP contribution in [0.1, 0.15) is 16.7 Å². The molecule has 2 amide bonds. The lowest BCUT2D eigenvalue weighted by molar-refractivity contribution is -0.136. The first-order valence-electron chi connectivity index (χ1n) is 9.76. The molecule has 2 N–H and O–H groups in total. The number of hydrogen-bond acceptors (Lipinski definition) is 5. The van der Waals surface area contributed by atoms with Crippen molar-refractivity contribution in [2.24, 2.45) is 5.10 Å². The summed E-state index contributed by atoms with van der Waals surface area (Å²) in [4.78, 5) is 35.7. The van der Waals surface area contributed by atoms with Crippen LogP contribution in [0.5, 0.6) is 5.75 Å². The topological polar surface area (TPSA) is 96.9 Å². The number of nitrogens with one attached hydrogen (secondary N) is 2. The summed E-state index contributed by atoms with van der Waals surface area (Å²) in [5, 5.41) is 6.27. The number of hydrogen-bond donors (Lipinski definition) is 2. The van der Waals surface area contributed by atoms with E-state index in [0.29, 0.717) is 17.0 Å². The maximum absolute atomic E-state index is 11.9. The molecule has 0 fully saturated rings. The number of benzene rings is 3. The van der Waals surface area contributed by atoms with Crippen LogP contribution in [-0.4, -0.2) is 24.0 Å². The zero-order chi connectivity index (χ0) is 22.8. The van der Waals surface area contributed by atoms with Gasteiger partial charge in [-0.2, -0.15) is 5.10 Å². The second kappa shape index (κ2) is 11.0. The average Bonchev–Trinajstić information content (AvgIpc) is 2.79. The number of nitrogens with zero attached hydrogens (tertiary/aromatic N) is 1. The van der Waals surface area contributed by atoms with E-state index in [-0.39, 0.29) is 0 Å². The molecule has 0 aliphatic rings. The summed E-state index contributed by atoms with van der Waals surface area (Å²) >= 11 is 0. The Bertz CT molecular complexity index is 1150. The van der Waals surface area contributed by atoms with E-state index in [4.69, 9.17) is 4.74 Å². The molecule has 3 aromatic rings. The highest BCUT2D eigenvalue weighted by Gasteiger charge is 2.12. The second-order valence-corrected chi connectivity index (χ2v) is 6.76. The van der Waals surface area contributed by atoms with Crippen LogP contribution in [0.25, 0.3) is 6.08 Å². The van der Waals surface area contributed by atoms with E-state index in [1.54, 1.807) is 48.5 Å². The van der Waals surface area contributed by atoms with E-state index in [0.717, 1.165) is 11.1 Å². The standard InChI is InChI=1S/C25H21N3O4/c1-18-6-5-9-21(16-18)27-24(30)25(31)28-26-17-20-10-13-22(14-11-20)32-23(29)15-12-19-7-3-2-4-8-19/h2-17H,1H3,(H,27,30)(H,28,31)/b15-12+,26-17+. The predicted molar refractivity (Wildman–Crippen MR) is 123 cm³/mol. The van der Waals surface area contributed by atoms with Crippen molar-refractivity contribution in [2.75, 3.05) is 5.32 Å². The first kappa shape index (κ1) is 22.2. The van der Waals surface area contributed by atoms with E-state index in [1.165, 1.54) is 12.3 Å². The number of carbonyl (C=O) groups is 3. The molecular weight excluding hydrogens is 406 g/mol. The summed E-state index contributed by atoms with van der Waals surface area (Å²) in [7, 11) is 0. The minimum atomic E-state index is -0.890. The highest BCUT2D eigenvalue weighted by Crippen LogP contribution is 2.12. The maximum Gasteiger partial charge on any atom is 0.336 e. The molecular formula is C25H21N3O4. The van der Waals surface area contributed by atoms with Crippen molar-refractivity contribution in [3.63, 3.8) is 0 Å². The molecule has 0 spiro atoms. The van der Waals surface area contributed by atoms with Crippen LogP contribution in [0, 0.1) is 6.92 Å². The highest BCUT2D eigenvalue weighted by molar-refractivity contribution is 6.39. The van der Waals surface area contributed by atoms with Gasteiger partial charge in [0.05, 0.1) is 6.21 Å². The molecule has 32 heavy (non-hydrogen) atoms. The van der Waals surface area contributed by atoms with Gasteiger partial charge in [0.1, 0.15) is 5.75 Å². The molecule has 3 rings (SSSR count). The molecule has 7 nitrogen and oxygen atoms in total.